The lowest BCUT2D eigenvalue weighted by molar-refractivity contribution is -0.0778. The molecule has 0 aromatic heterocycles. The molecule has 2 heterocycles. The summed E-state index contributed by atoms with van der Waals surface area (Å²) < 4.78 is 27.3. The lowest BCUT2D eigenvalue weighted by atomic mass is 9.83. The number of nitrogens with zero attached hydrogens (tertiary/aromatic N) is 2. The molecule has 13 heavy (non-hydrogen) atoms. The Morgan fingerprint density at radius 1 is 1.00 bits per heavy atom. The van der Waals surface area contributed by atoms with Gasteiger partial charge in [0.25, 0.3) is 5.92 Å². The summed E-state index contributed by atoms with van der Waals surface area (Å²) in [7, 11) is 3.70. The van der Waals surface area contributed by atoms with Crippen LogP contribution in [0.3, 0.4) is 0 Å². The Hall–Kier alpha value is -0.220. The standard InChI is InChI=1S/C9H16F2N2/c1-12-4-3-8(5-12)6-13(2)7-9(8,10)11/h3-7H2,1-2H3. The number of hydrogen-bond donors (Lipinski definition) is 0. The van der Waals surface area contributed by atoms with Gasteiger partial charge in [-0.3, -0.25) is 4.90 Å². The van der Waals surface area contributed by atoms with Gasteiger partial charge in [0.15, 0.2) is 0 Å². The van der Waals surface area contributed by atoms with Gasteiger partial charge >= 0.3 is 0 Å². The first-order valence-corrected chi connectivity index (χ1v) is 4.70. The van der Waals surface area contributed by atoms with Gasteiger partial charge in [0.2, 0.25) is 0 Å². The molecule has 2 rings (SSSR count). The topological polar surface area (TPSA) is 6.48 Å². The average molecular weight is 190 g/mol. The van der Waals surface area contributed by atoms with Crippen molar-refractivity contribution in [2.75, 3.05) is 40.3 Å². The van der Waals surface area contributed by atoms with Crippen molar-refractivity contribution < 1.29 is 8.78 Å². The van der Waals surface area contributed by atoms with E-state index < -0.39 is 11.3 Å². The molecule has 2 aliphatic rings. The first kappa shape index (κ1) is 9.34. The highest BCUT2D eigenvalue weighted by atomic mass is 19.3. The second-order valence-electron chi connectivity index (χ2n) is 4.64. The molecule has 1 unspecified atom stereocenters. The Balaban J connectivity index is 2.22. The quantitative estimate of drug-likeness (QED) is 0.559. The fourth-order valence-electron chi connectivity index (χ4n) is 2.70. The molecule has 1 spiro atoms. The Morgan fingerprint density at radius 3 is 2.00 bits per heavy atom. The van der Waals surface area contributed by atoms with Crippen LogP contribution in [0.15, 0.2) is 0 Å². The Morgan fingerprint density at radius 2 is 1.62 bits per heavy atom. The molecule has 76 valence electrons. The van der Waals surface area contributed by atoms with Gasteiger partial charge in [-0.1, -0.05) is 0 Å². The molecule has 0 aromatic carbocycles. The van der Waals surface area contributed by atoms with Crippen LogP contribution >= 0.6 is 0 Å². The largest absolute Gasteiger partial charge is 0.306 e. The van der Waals surface area contributed by atoms with Gasteiger partial charge in [-0.2, -0.15) is 0 Å². The van der Waals surface area contributed by atoms with Gasteiger partial charge in [0.05, 0.1) is 12.0 Å². The van der Waals surface area contributed by atoms with Crippen molar-refractivity contribution in [3.63, 3.8) is 0 Å². The van der Waals surface area contributed by atoms with Crippen LogP contribution in [0.25, 0.3) is 0 Å². The van der Waals surface area contributed by atoms with E-state index in [-0.39, 0.29) is 6.54 Å². The van der Waals surface area contributed by atoms with E-state index in [0.29, 0.717) is 19.5 Å². The first-order chi connectivity index (χ1) is 5.95. The molecule has 2 fully saturated rings. The molecule has 2 nitrogen and oxygen atoms in total. The van der Waals surface area contributed by atoms with Crippen molar-refractivity contribution in [2.24, 2.45) is 5.41 Å². The number of hydrogen-bond acceptors (Lipinski definition) is 2. The maximum Gasteiger partial charge on any atom is 0.268 e. The van der Waals surface area contributed by atoms with E-state index in [9.17, 15) is 8.78 Å². The van der Waals surface area contributed by atoms with Crippen LogP contribution in [0, 0.1) is 5.41 Å². The molecule has 0 N–H and O–H groups in total. The minimum atomic E-state index is -2.49. The zero-order valence-corrected chi connectivity index (χ0v) is 8.19. The number of likely N-dealkylation sites (tertiary alicyclic amines) is 2. The monoisotopic (exact) mass is 190 g/mol. The third-order valence-electron chi connectivity index (χ3n) is 3.36. The molecular formula is C9H16F2N2. The highest BCUT2D eigenvalue weighted by Crippen LogP contribution is 2.48. The van der Waals surface area contributed by atoms with Crippen LogP contribution in [-0.4, -0.2) is 56.0 Å². The maximum atomic E-state index is 13.7. The lowest BCUT2D eigenvalue weighted by Gasteiger charge is -2.29. The van der Waals surface area contributed by atoms with Crippen molar-refractivity contribution >= 4 is 0 Å². The third kappa shape index (κ3) is 1.27. The van der Waals surface area contributed by atoms with Gasteiger partial charge in [-0.05, 0) is 27.1 Å². The van der Waals surface area contributed by atoms with Crippen molar-refractivity contribution in [3.8, 4) is 0 Å². The molecule has 1 atom stereocenters. The van der Waals surface area contributed by atoms with Gasteiger partial charge in [0, 0.05) is 13.1 Å². The van der Waals surface area contributed by atoms with Crippen molar-refractivity contribution in [2.45, 2.75) is 12.3 Å². The molecular weight excluding hydrogens is 174 g/mol. The maximum absolute atomic E-state index is 13.7. The second-order valence-corrected chi connectivity index (χ2v) is 4.64. The van der Waals surface area contributed by atoms with E-state index in [2.05, 4.69) is 0 Å². The smallest absolute Gasteiger partial charge is 0.268 e. The summed E-state index contributed by atoms with van der Waals surface area (Å²) in [4.78, 5) is 3.76. The molecule has 0 bridgehead atoms. The Labute approximate surface area is 77.5 Å². The first-order valence-electron chi connectivity index (χ1n) is 4.70. The lowest BCUT2D eigenvalue weighted by Crippen LogP contribution is -2.41. The van der Waals surface area contributed by atoms with Crippen LogP contribution in [0.4, 0.5) is 8.78 Å². The molecule has 0 aliphatic carbocycles. The third-order valence-corrected chi connectivity index (χ3v) is 3.36. The van der Waals surface area contributed by atoms with Crippen LogP contribution in [-0.2, 0) is 0 Å². The normalized spacial score (nSPS) is 40.6. The highest BCUT2D eigenvalue weighted by molar-refractivity contribution is 5.06. The number of alkyl halides is 2. The molecule has 0 aromatic rings. The fraction of sp³-hybridized carbons (Fsp3) is 1.00. The predicted molar refractivity (Wildman–Crippen MR) is 47.0 cm³/mol. The molecule has 4 heteroatoms. The molecule has 2 aliphatic heterocycles. The van der Waals surface area contributed by atoms with Gasteiger partial charge in [-0.15, -0.1) is 0 Å². The summed E-state index contributed by atoms with van der Waals surface area (Å²) >= 11 is 0. The summed E-state index contributed by atoms with van der Waals surface area (Å²) in [5.41, 5.74) is -0.753. The van der Waals surface area contributed by atoms with Crippen molar-refractivity contribution in [1.82, 2.24) is 9.80 Å². The van der Waals surface area contributed by atoms with E-state index >= 15 is 0 Å². The Kier molecular flexibility index (Phi) is 1.90. The van der Waals surface area contributed by atoms with Crippen LogP contribution < -0.4 is 0 Å². The van der Waals surface area contributed by atoms with Gasteiger partial charge in [0.1, 0.15) is 0 Å². The minimum absolute atomic E-state index is 0.0686. The van der Waals surface area contributed by atoms with Crippen molar-refractivity contribution in [1.29, 1.82) is 0 Å². The molecule has 0 radical (unpaired) electrons. The van der Waals surface area contributed by atoms with Crippen molar-refractivity contribution in [3.05, 3.63) is 0 Å². The van der Waals surface area contributed by atoms with E-state index in [1.165, 1.54) is 0 Å². The second kappa shape index (κ2) is 2.64. The van der Waals surface area contributed by atoms with E-state index in [4.69, 9.17) is 0 Å². The SMILES string of the molecule is CN1CCC2(C1)CN(C)CC2(F)F. The summed E-state index contributed by atoms with van der Waals surface area (Å²) in [6.45, 7) is 1.83. The fourth-order valence-corrected chi connectivity index (χ4v) is 2.70. The average Bonchev–Trinajstić information content (AvgIpc) is 2.39. The van der Waals surface area contributed by atoms with Gasteiger partial charge in [-0.25, -0.2) is 8.78 Å². The molecule has 0 saturated carbocycles. The summed E-state index contributed by atoms with van der Waals surface area (Å²) in [5.74, 6) is -2.49. The number of halogens is 2. The summed E-state index contributed by atoms with van der Waals surface area (Å²) in [6, 6.07) is 0. The van der Waals surface area contributed by atoms with Crippen LogP contribution in [0.5, 0.6) is 0 Å². The van der Waals surface area contributed by atoms with Gasteiger partial charge < -0.3 is 4.90 Å². The van der Waals surface area contributed by atoms with Crippen LogP contribution in [0.2, 0.25) is 0 Å². The van der Waals surface area contributed by atoms with E-state index in [1.54, 1.807) is 11.9 Å². The highest BCUT2D eigenvalue weighted by Gasteiger charge is 2.60. The molecule has 0 amide bonds. The van der Waals surface area contributed by atoms with E-state index in [0.717, 1.165) is 6.54 Å². The zero-order chi connectivity index (χ0) is 9.69. The number of rotatable bonds is 0. The summed E-state index contributed by atoms with van der Waals surface area (Å²) in [6.07, 6.45) is 0.640. The van der Waals surface area contributed by atoms with Crippen LogP contribution in [0.1, 0.15) is 6.42 Å². The molecule has 2 saturated heterocycles. The summed E-state index contributed by atoms with van der Waals surface area (Å²) in [5, 5.41) is 0. The zero-order valence-electron chi connectivity index (χ0n) is 8.19. The Bertz CT molecular complexity index is 216. The predicted octanol–water partition coefficient (Wildman–Crippen LogP) is 0.889. The minimum Gasteiger partial charge on any atom is -0.306 e. The van der Waals surface area contributed by atoms with E-state index in [1.807, 2.05) is 11.9 Å².